The summed E-state index contributed by atoms with van der Waals surface area (Å²) in [7, 11) is 0. The monoisotopic (exact) mass is 288 g/mol. The van der Waals surface area contributed by atoms with Gasteiger partial charge in [-0.3, -0.25) is 0 Å². The van der Waals surface area contributed by atoms with Crippen LogP contribution in [0.3, 0.4) is 0 Å². The predicted octanol–water partition coefficient (Wildman–Crippen LogP) is 3.40. The smallest absolute Gasteiger partial charge is 0.175 e. The van der Waals surface area contributed by atoms with Crippen LogP contribution >= 0.6 is 15.9 Å². The molecule has 0 fully saturated rings. The summed E-state index contributed by atoms with van der Waals surface area (Å²) in [4.78, 5) is 0. The van der Waals surface area contributed by atoms with Crippen molar-refractivity contribution < 1.29 is 18.3 Å². The minimum Gasteiger partial charge on any atom is -0.457 e. The highest BCUT2D eigenvalue weighted by Crippen LogP contribution is 2.30. The van der Waals surface area contributed by atoms with Gasteiger partial charge in [-0.05, 0) is 40.2 Å². The summed E-state index contributed by atoms with van der Waals surface area (Å²) in [5.41, 5.74) is 0.228. The van der Waals surface area contributed by atoms with E-state index < -0.39 is 17.7 Å². The lowest BCUT2D eigenvalue weighted by Crippen LogP contribution is -2.02. The normalized spacial score (nSPS) is 12.8. The topological polar surface area (TPSA) is 33.4 Å². The number of aliphatic hydroxyl groups is 1. The Balaban J connectivity index is 2.45. The first-order valence-electron chi connectivity index (χ1n) is 4.45. The Morgan fingerprint density at radius 1 is 1.19 bits per heavy atom. The molecule has 1 atom stereocenters. The molecule has 1 N–H and O–H groups in total. The lowest BCUT2D eigenvalue weighted by Gasteiger charge is -2.10. The van der Waals surface area contributed by atoms with Crippen molar-refractivity contribution in [2.75, 3.05) is 0 Å². The average molecular weight is 289 g/mol. The third-order valence-corrected chi connectivity index (χ3v) is 2.84. The molecule has 1 aromatic heterocycles. The van der Waals surface area contributed by atoms with Crippen LogP contribution in [0.15, 0.2) is 39.6 Å². The molecule has 2 aromatic rings. The predicted molar refractivity (Wildman–Crippen MR) is 56.8 cm³/mol. The Morgan fingerprint density at radius 2 is 1.94 bits per heavy atom. The standard InChI is InChI=1S/C11H7BrF2O2/c12-11-7(3-4-16-11)10(15)8-5-6(13)1-2-9(8)14/h1-5,10,15H. The zero-order valence-corrected chi connectivity index (χ0v) is 9.54. The molecule has 0 radical (unpaired) electrons. The second-order valence-electron chi connectivity index (χ2n) is 3.22. The average Bonchev–Trinajstić information content (AvgIpc) is 2.67. The van der Waals surface area contributed by atoms with E-state index in [9.17, 15) is 13.9 Å². The van der Waals surface area contributed by atoms with Crippen molar-refractivity contribution in [3.63, 3.8) is 0 Å². The molecule has 1 unspecified atom stereocenters. The van der Waals surface area contributed by atoms with E-state index in [1.807, 2.05) is 0 Å². The summed E-state index contributed by atoms with van der Waals surface area (Å²) < 4.78 is 31.5. The number of hydrogen-bond acceptors (Lipinski definition) is 2. The van der Waals surface area contributed by atoms with Gasteiger partial charge in [-0.1, -0.05) is 0 Å². The molecule has 16 heavy (non-hydrogen) atoms. The van der Waals surface area contributed by atoms with Crippen LogP contribution in [-0.4, -0.2) is 5.11 Å². The summed E-state index contributed by atoms with van der Waals surface area (Å²) in [6.07, 6.45) is 0.0867. The minimum atomic E-state index is -1.26. The first-order chi connectivity index (χ1) is 7.59. The fourth-order valence-corrected chi connectivity index (χ4v) is 1.85. The highest BCUT2D eigenvalue weighted by atomic mass is 79.9. The van der Waals surface area contributed by atoms with Gasteiger partial charge in [0.1, 0.15) is 17.7 Å². The molecule has 0 aliphatic carbocycles. The molecule has 2 rings (SSSR count). The number of hydrogen-bond donors (Lipinski definition) is 1. The van der Waals surface area contributed by atoms with Crippen molar-refractivity contribution in [2.45, 2.75) is 6.10 Å². The molecule has 5 heteroatoms. The largest absolute Gasteiger partial charge is 0.457 e. The zero-order valence-electron chi connectivity index (χ0n) is 7.95. The highest BCUT2D eigenvalue weighted by Gasteiger charge is 2.19. The summed E-state index contributed by atoms with van der Waals surface area (Å²) in [6, 6.07) is 4.41. The first-order valence-corrected chi connectivity index (χ1v) is 5.25. The molecule has 2 nitrogen and oxygen atoms in total. The minimum absolute atomic E-state index is 0.123. The van der Waals surface area contributed by atoms with Gasteiger partial charge in [0.15, 0.2) is 4.67 Å². The van der Waals surface area contributed by atoms with E-state index in [0.29, 0.717) is 10.2 Å². The Kier molecular flexibility index (Phi) is 3.07. The van der Waals surface area contributed by atoms with Gasteiger partial charge in [-0.25, -0.2) is 8.78 Å². The third kappa shape index (κ3) is 2.01. The van der Waals surface area contributed by atoms with E-state index in [4.69, 9.17) is 4.42 Å². The van der Waals surface area contributed by atoms with E-state index in [2.05, 4.69) is 15.9 Å². The summed E-state index contributed by atoms with van der Waals surface area (Å²) >= 11 is 3.06. The quantitative estimate of drug-likeness (QED) is 0.919. The van der Waals surface area contributed by atoms with Crippen LogP contribution in [0.2, 0.25) is 0 Å². The van der Waals surface area contributed by atoms with Crippen molar-refractivity contribution in [2.24, 2.45) is 0 Å². The lowest BCUT2D eigenvalue weighted by atomic mass is 10.0. The van der Waals surface area contributed by atoms with Gasteiger partial charge >= 0.3 is 0 Å². The van der Waals surface area contributed by atoms with Gasteiger partial charge in [0, 0.05) is 11.1 Å². The van der Waals surface area contributed by atoms with Gasteiger partial charge in [-0.2, -0.15) is 0 Å². The molecule has 1 heterocycles. The first kappa shape index (κ1) is 11.3. The number of rotatable bonds is 2. The Labute approximate surface area is 98.6 Å². The molecule has 0 saturated carbocycles. The number of furan rings is 1. The fraction of sp³-hybridized carbons (Fsp3) is 0.0909. The third-order valence-electron chi connectivity index (χ3n) is 2.19. The Morgan fingerprint density at radius 3 is 2.56 bits per heavy atom. The second kappa shape index (κ2) is 4.35. The van der Waals surface area contributed by atoms with Crippen LogP contribution in [0.4, 0.5) is 8.78 Å². The van der Waals surface area contributed by atoms with Crippen LogP contribution in [0.1, 0.15) is 17.2 Å². The van der Waals surface area contributed by atoms with E-state index in [1.54, 1.807) is 0 Å². The van der Waals surface area contributed by atoms with Crippen LogP contribution in [0.25, 0.3) is 0 Å². The zero-order chi connectivity index (χ0) is 11.7. The Bertz CT molecular complexity index is 510. The maximum atomic E-state index is 13.4. The number of benzene rings is 1. The summed E-state index contributed by atoms with van der Waals surface area (Å²) in [5, 5.41) is 9.87. The molecular weight excluding hydrogens is 282 g/mol. The van der Waals surface area contributed by atoms with Gasteiger partial charge in [0.05, 0.1) is 6.26 Å². The molecule has 0 saturated heterocycles. The van der Waals surface area contributed by atoms with Crippen LogP contribution < -0.4 is 0 Å². The van der Waals surface area contributed by atoms with E-state index in [0.717, 1.165) is 18.2 Å². The van der Waals surface area contributed by atoms with Crippen LogP contribution in [0, 0.1) is 11.6 Å². The molecule has 0 bridgehead atoms. The fourth-order valence-electron chi connectivity index (χ4n) is 1.39. The molecule has 84 valence electrons. The van der Waals surface area contributed by atoms with E-state index in [1.165, 1.54) is 12.3 Å². The van der Waals surface area contributed by atoms with Crippen molar-refractivity contribution in [3.05, 3.63) is 58.0 Å². The van der Waals surface area contributed by atoms with Crippen molar-refractivity contribution in [1.29, 1.82) is 0 Å². The van der Waals surface area contributed by atoms with Gasteiger partial charge in [-0.15, -0.1) is 0 Å². The SMILES string of the molecule is OC(c1cc(F)ccc1F)c1ccoc1Br. The number of halogens is 3. The van der Waals surface area contributed by atoms with Crippen molar-refractivity contribution in [3.8, 4) is 0 Å². The molecule has 1 aromatic carbocycles. The second-order valence-corrected chi connectivity index (χ2v) is 3.94. The number of aliphatic hydroxyl groups excluding tert-OH is 1. The Hall–Kier alpha value is -1.20. The summed E-state index contributed by atoms with van der Waals surface area (Å²) in [5.74, 6) is -1.27. The molecule has 0 aliphatic rings. The van der Waals surface area contributed by atoms with Gasteiger partial charge < -0.3 is 9.52 Å². The molecular formula is C11H7BrF2O2. The van der Waals surface area contributed by atoms with Crippen molar-refractivity contribution >= 4 is 15.9 Å². The maximum Gasteiger partial charge on any atom is 0.175 e. The lowest BCUT2D eigenvalue weighted by molar-refractivity contribution is 0.212. The molecule has 0 amide bonds. The maximum absolute atomic E-state index is 13.4. The molecule has 0 aliphatic heterocycles. The van der Waals surface area contributed by atoms with Gasteiger partial charge in [0.2, 0.25) is 0 Å². The van der Waals surface area contributed by atoms with Crippen LogP contribution in [0.5, 0.6) is 0 Å². The highest BCUT2D eigenvalue weighted by molar-refractivity contribution is 9.10. The van der Waals surface area contributed by atoms with Crippen LogP contribution in [-0.2, 0) is 0 Å². The summed E-state index contributed by atoms with van der Waals surface area (Å²) in [6.45, 7) is 0. The van der Waals surface area contributed by atoms with Gasteiger partial charge in [0.25, 0.3) is 0 Å². The van der Waals surface area contributed by atoms with E-state index >= 15 is 0 Å². The molecule has 0 spiro atoms. The van der Waals surface area contributed by atoms with Crippen molar-refractivity contribution in [1.82, 2.24) is 0 Å². The van der Waals surface area contributed by atoms with E-state index in [-0.39, 0.29) is 5.56 Å².